The largest absolute Gasteiger partial charge is 0.316 e. The molecule has 0 bridgehead atoms. The molecular formula is C14H17ClN2S. The second kappa shape index (κ2) is 6.88. The molecule has 0 unspecified atom stereocenters. The second-order valence-electron chi connectivity index (χ2n) is 4.24. The zero-order valence-electron chi connectivity index (χ0n) is 10.4. The highest BCUT2D eigenvalue weighted by molar-refractivity contribution is 7.09. The van der Waals surface area contributed by atoms with Crippen molar-refractivity contribution in [2.24, 2.45) is 0 Å². The lowest BCUT2D eigenvalue weighted by Crippen LogP contribution is -2.20. The molecule has 2 rings (SSSR count). The normalized spacial score (nSPS) is 10.8. The van der Waals surface area contributed by atoms with Crippen LogP contribution in [0.2, 0.25) is 5.02 Å². The van der Waals surface area contributed by atoms with Gasteiger partial charge in [0.15, 0.2) is 0 Å². The minimum absolute atomic E-state index is 0.798. The van der Waals surface area contributed by atoms with Crippen molar-refractivity contribution < 1.29 is 0 Å². The number of hydrogen-bond acceptors (Lipinski definition) is 3. The Hall–Kier alpha value is -0.900. The lowest BCUT2D eigenvalue weighted by atomic mass is 10.1. The van der Waals surface area contributed by atoms with Crippen LogP contribution in [0.25, 0.3) is 0 Å². The minimum Gasteiger partial charge on any atom is -0.316 e. The van der Waals surface area contributed by atoms with E-state index >= 15 is 0 Å². The molecule has 0 aliphatic carbocycles. The van der Waals surface area contributed by atoms with Gasteiger partial charge >= 0.3 is 0 Å². The fraction of sp³-hybridized carbons (Fsp3) is 0.357. The van der Waals surface area contributed by atoms with Crippen molar-refractivity contribution in [1.29, 1.82) is 0 Å². The van der Waals surface area contributed by atoms with E-state index in [0.29, 0.717) is 0 Å². The van der Waals surface area contributed by atoms with Crippen molar-refractivity contribution in [3.05, 3.63) is 50.9 Å². The first-order valence-corrected chi connectivity index (χ1v) is 7.35. The molecule has 0 spiro atoms. The number of nitrogens with zero attached hydrogens (tertiary/aromatic N) is 1. The number of thiazole rings is 1. The topological polar surface area (TPSA) is 24.9 Å². The molecule has 4 heteroatoms. The van der Waals surface area contributed by atoms with Gasteiger partial charge in [-0.15, -0.1) is 11.3 Å². The van der Waals surface area contributed by atoms with Gasteiger partial charge in [0, 0.05) is 16.4 Å². The molecule has 2 aromatic rings. The van der Waals surface area contributed by atoms with E-state index in [2.05, 4.69) is 29.4 Å². The Morgan fingerprint density at radius 3 is 2.56 bits per heavy atom. The minimum atomic E-state index is 0.798. The Labute approximate surface area is 117 Å². The highest BCUT2D eigenvalue weighted by Crippen LogP contribution is 2.12. The summed E-state index contributed by atoms with van der Waals surface area (Å²) < 4.78 is 0. The summed E-state index contributed by atoms with van der Waals surface area (Å²) in [5.74, 6) is 0. The quantitative estimate of drug-likeness (QED) is 0.820. The van der Waals surface area contributed by atoms with Gasteiger partial charge in [-0.25, -0.2) is 4.98 Å². The lowest BCUT2D eigenvalue weighted by molar-refractivity contribution is 0.683. The van der Waals surface area contributed by atoms with Crippen molar-refractivity contribution in [3.8, 4) is 0 Å². The highest BCUT2D eigenvalue weighted by atomic mass is 35.5. The molecule has 2 nitrogen and oxygen atoms in total. The molecule has 1 aromatic heterocycles. The number of benzene rings is 1. The van der Waals surface area contributed by atoms with Gasteiger partial charge < -0.3 is 5.32 Å². The van der Waals surface area contributed by atoms with E-state index in [1.54, 1.807) is 11.3 Å². The van der Waals surface area contributed by atoms with Gasteiger partial charge in [-0.2, -0.15) is 0 Å². The van der Waals surface area contributed by atoms with Crippen LogP contribution in [0.1, 0.15) is 16.1 Å². The van der Waals surface area contributed by atoms with Gasteiger partial charge in [0.2, 0.25) is 0 Å². The molecule has 0 radical (unpaired) electrons. The lowest BCUT2D eigenvalue weighted by Gasteiger charge is -2.04. The van der Waals surface area contributed by atoms with Crippen LogP contribution in [0.3, 0.4) is 0 Å². The molecule has 0 amide bonds. The van der Waals surface area contributed by atoms with E-state index in [1.807, 2.05) is 17.6 Å². The SMILES string of the molecule is Cc1ncsc1CCNCCc1ccc(Cl)cc1. The standard InChI is InChI=1S/C14H17ClN2S/c1-11-14(18-10-17-11)7-9-16-8-6-12-2-4-13(15)5-3-12/h2-5,10,16H,6-9H2,1H3. The van der Waals surface area contributed by atoms with Crippen LogP contribution in [0.15, 0.2) is 29.8 Å². The summed E-state index contributed by atoms with van der Waals surface area (Å²) in [6, 6.07) is 8.05. The van der Waals surface area contributed by atoms with Crippen molar-refractivity contribution >= 4 is 22.9 Å². The summed E-state index contributed by atoms with van der Waals surface area (Å²) in [5.41, 5.74) is 4.40. The molecular weight excluding hydrogens is 264 g/mol. The molecule has 0 aliphatic rings. The Kier molecular flexibility index (Phi) is 5.17. The van der Waals surface area contributed by atoms with Gasteiger partial charge in [0.1, 0.15) is 0 Å². The van der Waals surface area contributed by atoms with Gasteiger partial charge in [-0.3, -0.25) is 0 Å². The Bertz CT molecular complexity index is 479. The summed E-state index contributed by atoms with van der Waals surface area (Å²) in [6.07, 6.45) is 2.11. The van der Waals surface area contributed by atoms with Crippen LogP contribution in [0, 0.1) is 6.92 Å². The van der Waals surface area contributed by atoms with Crippen molar-refractivity contribution in [1.82, 2.24) is 10.3 Å². The summed E-state index contributed by atoms with van der Waals surface area (Å²) in [6.45, 7) is 4.08. The summed E-state index contributed by atoms with van der Waals surface area (Å²) in [4.78, 5) is 5.63. The predicted molar refractivity (Wildman–Crippen MR) is 78.6 cm³/mol. The van der Waals surface area contributed by atoms with Crippen LogP contribution >= 0.6 is 22.9 Å². The van der Waals surface area contributed by atoms with E-state index in [-0.39, 0.29) is 0 Å². The maximum absolute atomic E-state index is 5.85. The van der Waals surface area contributed by atoms with Gasteiger partial charge in [-0.1, -0.05) is 23.7 Å². The Morgan fingerprint density at radius 1 is 1.17 bits per heavy atom. The maximum atomic E-state index is 5.85. The zero-order chi connectivity index (χ0) is 12.8. The van der Waals surface area contributed by atoms with E-state index in [9.17, 15) is 0 Å². The third-order valence-electron chi connectivity index (χ3n) is 2.88. The summed E-state index contributed by atoms with van der Waals surface area (Å²) >= 11 is 7.59. The molecule has 0 atom stereocenters. The number of aromatic nitrogens is 1. The monoisotopic (exact) mass is 280 g/mol. The molecule has 96 valence electrons. The third kappa shape index (κ3) is 4.09. The van der Waals surface area contributed by atoms with Gasteiger partial charge in [0.25, 0.3) is 0 Å². The molecule has 0 fully saturated rings. The second-order valence-corrected chi connectivity index (χ2v) is 5.61. The highest BCUT2D eigenvalue weighted by Gasteiger charge is 2.00. The Morgan fingerprint density at radius 2 is 1.89 bits per heavy atom. The number of aryl methyl sites for hydroxylation is 1. The molecule has 1 N–H and O–H groups in total. The first-order chi connectivity index (χ1) is 8.75. The van der Waals surface area contributed by atoms with E-state index in [4.69, 9.17) is 11.6 Å². The third-order valence-corrected chi connectivity index (χ3v) is 4.12. The molecule has 1 heterocycles. The van der Waals surface area contributed by atoms with Gasteiger partial charge in [-0.05, 0) is 44.0 Å². The van der Waals surface area contributed by atoms with Crippen LogP contribution in [-0.4, -0.2) is 18.1 Å². The van der Waals surface area contributed by atoms with Crippen molar-refractivity contribution in [3.63, 3.8) is 0 Å². The summed E-state index contributed by atoms with van der Waals surface area (Å²) in [5, 5.41) is 4.26. The molecule has 0 saturated carbocycles. The molecule has 0 aliphatic heterocycles. The van der Waals surface area contributed by atoms with E-state index < -0.39 is 0 Å². The van der Waals surface area contributed by atoms with Gasteiger partial charge in [0.05, 0.1) is 11.2 Å². The summed E-state index contributed by atoms with van der Waals surface area (Å²) in [7, 11) is 0. The van der Waals surface area contributed by atoms with Crippen molar-refractivity contribution in [2.75, 3.05) is 13.1 Å². The fourth-order valence-electron chi connectivity index (χ4n) is 1.78. The average molecular weight is 281 g/mol. The number of halogens is 1. The van der Waals surface area contributed by atoms with E-state index in [1.165, 1.54) is 16.1 Å². The van der Waals surface area contributed by atoms with Crippen LogP contribution in [0.4, 0.5) is 0 Å². The predicted octanol–water partition coefficient (Wildman–Crippen LogP) is 3.48. The molecule has 18 heavy (non-hydrogen) atoms. The number of hydrogen-bond donors (Lipinski definition) is 1. The maximum Gasteiger partial charge on any atom is 0.0797 e. The first-order valence-electron chi connectivity index (χ1n) is 6.10. The smallest absolute Gasteiger partial charge is 0.0797 e. The molecule has 1 aromatic carbocycles. The fourth-order valence-corrected chi connectivity index (χ4v) is 2.68. The number of rotatable bonds is 6. The van der Waals surface area contributed by atoms with Crippen LogP contribution in [0.5, 0.6) is 0 Å². The Balaban J connectivity index is 1.64. The van der Waals surface area contributed by atoms with E-state index in [0.717, 1.165) is 31.0 Å². The number of nitrogens with one attached hydrogen (secondary N) is 1. The molecule has 0 saturated heterocycles. The zero-order valence-corrected chi connectivity index (χ0v) is 12.0. The van der Waals surface area contributed by atoms with Crippen molar-refractivity contribution in [2.45, 2.75) is 19.8 Å². The average Bonchev–Trinajstić information content (AvgIpc) is 2.77. The van der Waals surface area contributed by atoms with Crippen LogP contribution < -0.4 is 5.32 Å². The first kappa shape index (κ1) is 13.5. The van der Waals surface area contributed by atoms with Crippen LogP contribution in [-0.2, 0) is 12.8 Å².